The number of nitrogens with one attached hydrogen (secondary N) is 1. The molecule has 3 N–H and O–H groups in total. The third-order valence-corrected chi connectivity index (χ3v) is 2.47. The van der Waals surface area contributed by atoms with Crippen molar-refractivity contribution in [3.05, 3.63) is 0 Å². The van der Waals surface area contributed by atoms with E-state index in [1.54, 1.807) is 20.8 Å². The lowest BCUT2D eigenvalue weighted by Crippen LogP contribution is -2.53. The molecule has 0 aliphatic carbocycles. The number of hydrogen-bond acceptors (Lipinski definition) is 4. The lowest BCUT2D eigenvalue weighted by Gasteiger charge is -2.27. The first-order valence-electron chi connectivity index (χ1n) is 5.75. The number of esters is 1. The highest BCUT2D eigenvalue weighted by atomic mass is 16.5. The maximum absolute atomic E-state index is 12.2. The van der Waals surface area contributed by atoms with Crippen molar-refractivity contribution in [2.24, 2.45) is 11.7 Å². The number of urea groups is 1. The summed E-state index contributed by atoms with van der Waals surface area (Å²) in [7, 11) is 1.25. The monoisotopic (exact) mass is 259 g/mol. The van der Waals surface area contributed by atoms with E-state index in [4.69, 9.17) is 5.73 Å². The second kappa shape index (κ2) is 7.52. The van der Waals surface area contributed by atoms with Crippen molar-refractivity contribution in [1.82, 2.24) is 10.2 Å². The highest BCUT2D eigenvalue weighted by Crippen LogP contribution is 2.06. The Balaban J connectivity index is 4.80. The Morgan fingerprint density at radius 3 is 2.22 bits per heavy atom. The molecule has 0 fully saturated rings. The summed E-state index contributed by atoms with van der Waals surface area (Å²) in [6, 6.07) is -1.51. The molecule has 0 radical (unpaired) electrons. The van der Waals surface area contributed by atoms with Crippen LogP contribution in [0.2, 0.25) is 0 Å². The highest BCUT2D eigenvalue weighted by Gasteiger charge is 2.28. The van der Waals surface area contributed by atoms with Gasteiger partial charge in [-0.15, -0.1) is 0 Å². The van der Waals surface area contributed by atoms with Gasteiger partial charge in [-0.1, -0.05) is 13.8 Å². The van der Waals surface area contributed by atoms with Crippen molar-refractivity contribution in [2.75, 3.05) is 20.2 Å². The standard InChI is InChI=1S/C11H21N3O4/c1-5-14(6-8(15)18-4)10(16)9(7(2)3)13-11(12)17/h7,9H,5-6H2,1-4H3,(H3,12,13,17). The quantitative estimate of drug-likeness (QED) is 0.639. The minimum absolute atomic E-state index is 0.128. The van der Waals surface area contributed by atoms with Crippen LogP contribution >= 0.6 is 0 Å². The van der Waals surface area contributed by atoms with Crippen LogP contribution in [0.3, 0.4) is 0 Å². The fourth-order valence-corrected chi connectivity index (χ4v) is 1.43. The predicted molar refractivity (Wildman–Crippen MR) is 65.6 cm³/mol. The number of carbonyl (C=O) groups excluding carboxylic acids is 3. The summed E-state index contributed by atoms with van der Waals surface area (Å²) in [4.78, 5) is 35.5. The number of primary amides is 1. The SMILES string of the molecule is CCN(CC(=O)OC)C(=O)C(NC(N)=O)C(C)C. The van der Waals surface area contributed by atoms with Gasteiger partial charge in [0.2, 0.25) is 5.91 Å². The highest BCUT2D eigenvalue weighted by molar-refractivity contribution is 5.89. The molecule has 0 saturated heterocycles. The van der Waals surface area contributed by atoms with Crippen LogP contribution in [0.15, 0.2) is 0 Å². The van der Waals surface area contributed by atoms with E-state index in [2.05, 4.69) is 10.1 Å². The molecule has 0 aromatic rings. The minimum atomic E-state index is -0.767. The number of nitrogens with two attached hydrogens (primary N) is 1. The van der Waals surface area contributed by atoms with E-state index in [0.717, 1.165) is 0 Å². The molecule has 0 bridgehead atoms. The molecule has 0 aliphatic rings. The molecule has 0 heterocycles. The molecule has 104 valence electrons. The molecule has 7 heteroatoms. The normalized spacial score (nSPS) is 11.8. The number of ether oxygens (including phenoxy) is 1. The number of carbonyl (C=O) groups is 3. The van der Waals surface area contributed by atoms with E-state index in [-0.39, 0.29) is 18.4 Å². The van der Waals surface area contributed by atoms with E-state index in [1.807, 2.05) is 0 Å². The third-order valence-electron chi connectivity index (χ3n) is 2.47. The zero-order chi connectivity index (χ0) is 14.3. The first-order valence-corrected chi connectivity index (χ1v) is 5.75. The van der Waals surface area contributed by atoms with Gasteiger partial charge in [-0.2, -0.15) is 0 Å². The third kappa shape index (κ3) is 5.03. The Bertz CT molecular complexity index is 317. The van der Waals surface area contributed by atoms with E-state index in [1.165, 1.54) is 12.0 Å². The van der Waals surface area contributed by atoms with Gasteiger partial charge in [0.25, 0.3) is 0 Å². The fourth-order valence-electron chi connectivity index (χ4n) is 1.43. The number of likely N-dealkylation sites (N-methyl/N-ethyl adjacent to an activating group) is 1. The van der Waals surface area contributed by atoms with Gasteiger partial charge >= 0.3 is 12.0 Å². The lowest BCUT2D eigenvalue weighted by molar-refractivity contribution is -0.147. The Hall–Kier alpha value is -1.79. The Morgan fingerprint density at radius 1 is 1.33 bits per heavy atom. The second-order valence-corrected chi connectivity index (χ2v) is 4.16. The summed E-state index contributed by atoms with van der Waals surface area (Å²) in [5.41, 5.74) is 5.03. The molecule has 0 aromatic heterocycles. The molecule has 0 aromatic carbocycles. The zero-order valence-corrected chi connectivity index (χ0v) is 11.2. The largest absolute Gasteiger partial charge is 0.468 e. The van der Waals surface area contributed by atoms with Crippen LogP contribution in [-0.2, 0) is 14.3 Å². The van der Waals surface area contributed by atoms with Crippen molar-refractivity contribution in [3.63, 3.8) is 0 Å². The van der Waals surface area contributed by atoms with Gasteiger partial charge in [0.15, 0.2) is 0 Å². The van der Waals surface area contributed by atoms with E-state index >= 15 is 0 Å². The van der Waals surface area contributed by atoms with E-state index < -0.39 is 18.0 Å². The first-order chi connectivity index (χ1) is 8.33. The maximum atomic E-state index is 12.2. The number of amides is 3. The minimum Gasteiger partial charge on any atom is -0.468 e. The number of rotatable bonds is 6. The van der Waals surface area contributed by atoms with Crippen LogP contribution in [0.5, 0.6) is 0 Å². The summed E-state index contributed by atoms with van der Waals surface area (Å²) < 4.78 is 4.51. The van der Waals surface area contributed by atoms with Crippen molar-refractivity contribution < 1.29 is 19.1 Å². The Kier molecular flexibility index (Phi) is 6.77. The average Bonchev–Trinajstić information content (AvgIpc) is 2.31. The molecular weight excluding hydrogens is 238 g/mol. The van der Waals surface area contributed by atoms with Crippen LogP contribution in [0.4, 0.5) is 4.79 Å². The van der Waals surface area contributed by atoms with Gasteiger partial charge in [0, 0.05) is 6.54 Å². The van der Waals surface area contributed by atoms with Gasteiger partial charge in [-0.05, 0) is 12.8 Å². The molecule has 1 unspecified atom stereocenters. The lowest BCUT2D eigenvalue weighted by atomic mass is 10.0. The maximum Gasteiger partial charge on any atom is 0.325 e. The molecule has 0 saturated carbocycles. The molecule has 18 heavy (non-hydrogen) atoms. The van der Waals surface area contributed by atoms with E-state index in [9.17, 15) is 14.4 Å². The summed E-state index contributed by atoms with van der Waals surface area (Å²) in [6.45, 7) is 5.50. The van der Waals surface area contributed by atoms with Crippen molar-refractivity contribution in [1.29, 1.82) is 0 Å². The second-order valence-electron chi connectivity index (χ2n) is 4.16. The van der Waals surface area contributed by atoms with Crippen molar-refractivity contribution in [2.45, 2.75) is 26.8 Å². The molecule has 7 nitrogen and oxygen atoms in total. The molecule has 3 amide bonds. The Labute approximate surface area is 107 Å². The van der Waals surface area contributed by atoms with Crippen molar-refractivity contribution in [3.8, 4) is 0 Å². The molecule has 0 rings (SSSR count). The van der Waals surface area contributed by atoms with Gasteiger partial charge in [0.1, 0.15) is 12.6 Å². The molecule has 0 spiro atoms. The summed E-state index contributed by atoms with van der Waals surface area (Å²) in [6.07, 6.45) is 0. The van der Waals surface area contributed by atoms with Crippen LogP contribution in [0, 0.1) is 5.92 Å². The smallest absolute Gasteiger partial charge is 0.325 e. The van der Waals surface area contributed by atoms with E-state index in [0.29, 0.717) is 6.54 Å². The first kappa shape index (κ1) is 16.2. The Morgan fingerprint density at radius 2 is 1.89 bits per heavy atom. The fraction of sp³-hybridized carbons (Fsp3) is 0.727. The van der Waals surface area contributed by atoms with Crippen LogP contribution in [-0.4, -0.2) is 49.0 Å². The summed E-state index contributed by atoms with van der Waals surface area (Å²) in [5.74, 6) is -0.986. The van der Waals surface area contributed by atoms with Gasteiger partial charge in [0.05, 0.1) is 7.11 Å². The summed E-state index contributed by atoms with van der Waals surface area (Å²) >= 11 is 0. The number of methoxy groups -OCH3 is 1. The predicted octanol–water partition coefficient (Wildman–Crippen LogP) is -0.299. The number of hydrogen-bond donors (Lipinski definition) is 2. The van der Waals surface area contributed by atoms with Gasteiger partial charge in [-0.3, -0.25) is 9.59 Å². The topological polar surface area (TPSA) is 102 Å². The zero-order valence-electron chi connectivity index (χ0n) is 11.2. The van der Waals surface area contributed by atoms with Crippen molar-refractivity contribution >= 4 is 17.9 Å². The molecule has 1 atom stereocenters. The van der Waals surface area contributed by atoms with Crippen LogP contribution in [0.1, 0.15) is 20.8 Å². The van der Waals surface area contributed by atoms with Crippen LogP contribution in [0.25, 0.3) is 0 Å². The molecular formula is C11H21N3O4. The van der Waals surface area contributed by atoms with Gasteiger partial charge < -0.3 is 20.7 Å². The average molecular weight is 259 g/mol. The summed E-state index contributed by atoms with van der Waals surface area (Å²) in [5, 5.41) is 2.38. The number of nitrogens with zero attached hydrogens (tertiary/aromatic N) is 1. The van der Waals surface area contributed by atoms with Crippen LogP contribution < -0.4 is 11.1 Å². The van der Waals surface area contributed by atoms with Gasteiger partial charge in [-0.25, -0.2) is 4.79 Å². The molecule has 0 aliphatic heterocycles.